The van der Waals surface area contributed by atoms with Crippen LogP contribution in [0.4, 0.5) is 17.6 Å². The molecule has 1 aliphatic heterocycles. The third kappa shape index (κ3) is 3.20. The van der Waals surface area contributed by atoms with Crippen LogP contribution in [-0.2, 0) is 12.7 Å². The van der Waals surface area contributed by atoms with Gasteiger partial charge < -0.3 is 10.3 Å². The summed E-state index contributed by atoms with van der Waals surface area (Å²) in [6.45, 7) is 3.41. The van der Waals surface area contributed by atoms with E-state index in [-0.39, 0.29) is 11.0 Å². The Morgan fingerprint density at radius 1 is 1.22 bits per heavy atom. The molecule has 1 saturated heterocycles. The van der Waals surface area contributed by atoms with Gasteiger partial charge in [0.05, 0.1) is 5.52 Å². The number of alkyl halides is 3. The van der Waals surface area contributed by atoms with E-state index in [0.29, 0.717) is 12.1 Å². The fourth-order valence-corrected chi connectivity index (χ4v) is 2.59. The van der Waals surface area contributed by atoms with Gasteiger partial charge in [0.15, 0.2) is 5.82 Å². The number of hydrogen-bond acceptors (Lipinski definition) is 4. The molecule has 124 valence electrons. The zero-order valence-electron chi connectivity index (χ0n) is 12.0. The number of fused-ring (bicyclic) bond motifs is 1. The maximum absolute atomic E-state index is 14.5. The van der Waals surface area contributed by atoms with Gasteiger partial charge in [0, 0.05) is 38.3 Å². The molecule has 2 heterocycles. The van der Waals surface area contributed by atoms with E-state index in [2.05, 4.69) is 10.3 Å². The summed E-state index contributed by atoms with van der Waals surface area (Å²) in [5, 5.41) is 3.17. The van der Waals surface area contributed by atoms with Crippen LogP contribution in [0.1, 0.15) is 11.3 Å². The molecule has 0 bridgehead atoms. The topological polar surface area (TPSA) is 61.0 Å². The van der Waals surface area contributed by atoms with Gasteiger partial charge in [0.25, 0.3) is 5.56 Å². The molecule has 1 aromatic heterocycles. The van der Waals surface area contributed by atoms with E-state index < -0.39 is 23.2 Å². The Bertz CT molecular complexity index is 781. The van der Waals surface area contributed by atoms with Crippen LogP contribution in [-0.4, -0.2) is 41.0 Å². The Morgan fingerprint density at radius 3 is 2.57 bits per heavy atom. The molecule has 0 spiro atoms. The normalized spacial score (nSPS) is 16.9. The molecule has 0 radical (unpaired) electrons. The number of H-pyrrole nitrogens is 1. The van der Waals surface area contributed by atoms with Crippen molar-refractivity contribution < 1.29 is 17.6 Å². The van der Waals surface area contributed by atoms with Crippen molar-refractivity contribution in [3.63, 3.8) is 0 Å². The first-order chi connectivity index (χ1) is 10.9. The highest BCUT2D eigenvalue weighted by Gasteiger charge is 2.36. The molecule has 1 aromatic carbocycles. The van der Waals surface area contributed by atoms with Gasteiger partial charge in [-0.3, -0.25) is 9.69 Å². The summed E-state index contributed by atoms with van der Waals surface area (Å²) in [5.41, 5.74) is -3.21. The maximum atomic E-state index is 14.5. The van der Waals surface area contributed by atoms with Gasteiger partial charge >= 0.3 is 6.18 Å². The van der Waals surface area contributed by atoms with Crippen LogP contribution < -0.4 is 10.9 Å². The minimum absolute atomic E-state index is 0.224. The highest BCUT2D eigenvalue weighted by molar-refractivity contribution is 5.75. The van der Waals surface area contributed by atoms with Crippen molar-refractivity contribution in [2.75, 3.05) is 26.2 Å². The van der Waals surface area contributed by atoms with Crippen molar-refractivity contribution in [3.8, 4) is 0 Å². The summed E-state index contributed by atoms with van der Waals surface area (Å²) in [6, 6.07) is 2.70. The molecule has 23 heavy (non-hydrogen) atoms. The molecule has 2 aromatic rings. The Hall–Kier alpha value is -2.00. The number of nitrogens with one attached hydrogen (secondary N) is 2. The van der Waals surface area contributed by atoms with E-state index in [1.54, 1.807) is 0 Å². The van der Waals surface area contributed by atoms with Gasteiger partial charge in [-0.25, -0.2) is 9.37 Å². The highest BCUT2D eigenvalue weighted by atomic mass is 19.4. The van der Waals surface area contributed by atoms with Crippen molar-refractivity contribution in [3.05, 3.63) is 39.6 Å². The lowest BCUT2D eigenvalue weighted by Crippen LogP contribution is -2.43. The van der Waals surface area contributed by atoms with Gasteiger partial charge in [-0.05, 0) is 6.07 Å². The van der Waals surface area contributed by atoms with Gasteiger partial charge in [-0.2, -0.15) is 13.2 Å². The van der Waals surface area contributed by atoms with Crippen molar-refractivity contribution in [2.24, 2.45) is 0 Å². The first kappa shape index (κ1) is 15.9. The second kappa shape index (κ2) is 5.89. The van der Waals surface area contributed by atoms with Crippen molar-refractivity contribution >= 4 is 11.0 Å². The van der Waals surface area contributed by atoms with Crippen LogP contribution in [0.25, 0.3) is 11.0 Å². The number of benzene rings is 1. The first-order valence-electron chi connectivity index (χ1n) is 7.08. The lowest BCUT2D eigenvalue weighted by atomic mass is 10.1. The number of piperazine rings is 1. The number of aromatic nitrogens is 2. The average Bonchev–Trinajstić information content (AvgIpc) is 2.50. The summed E-state index contributed by atoms with van der Waals surface area (Å²) in [4.78, 5) is 18.8. The second-order valence-corrected chi connectivity index (χ2v) is 5.37. The SMILES string of the molecule is O=c1[nH]c2c(F)c(CN3CCNCC3)ccc2nc1C(F)(F)F. The van der Waals surface area contributed by atoms with Gasteiger partial charge in [0.1, 0.15) is 5.52 Å². The van der Waals surface area contributed by atoms with Crippen LogP contribution in [0.3, 0.4) is 0 Å². The third-order valence-corrected chi connectivity index (χ3v) is 3.76. The summed E-state index contributed by atoms with van der Waals surface area (Å²) >= 11 is 0. The Labute approximate surface area is 128 Å². The number of aromatic amines is 1. The first-order valence-corrected chi connectivity index (χ1v) is 7.08. The standard InChI is InChI=1S/C14H14F4N4O/c15-10-8(7-22-5-3-19-4-6-22)1-2-9-11(10)21-13(23)12(20-9)14(16,17)18/h1-2,19H,3-7H2,(H,21,23). The molecule has 0 unspecified atom stereocenters. The molecule has 3 rings (SSSR count). The molecule has 1 fully saturated rings. The van der Waals surface area contributed by atoms with Crippen molar-refractivity contribution in [1.82, 2.24) is 20.2 Å². The molecule has 0 saturated carbocycles. The predicted octanol–water partition coefficient (Wildman–Crippen LogP) is 1.49. The fraction of sp³-hybridized carbons (Fsp3) is 0.429. The maximum Gasteiger partial charge on any atom is 0.438 e. The average molecular weight is 330 g/mol. The summed E-state index contributed by atoms with van der Waals surface area (Å²) in [7, 11) is 0. The molecule has 2 N–H and O–H groups in total. The number of nitrogens with zero attached hydrogens (tertiary/aromatic N) is 2. The van der Waals surface area contributed by atoms with E-state index in [1.807, 2.05) is 9.88 Å². The predicted molar refractivity (Wildman–Crippen MR) is 75.5 cm³/mol. The lowest BCUT2D eigenvalue weighted by molar-refractivity contribution is -0.142. The third-order valence-electron chi connectivity index (χ3n) is 3.76. The molecule has 5 nitrogen and oxygen atoms in total. The number of hydrogen-bond donors (Lipinski definition) is 2. The van der Waals surface area contributed by atoms with Crippen LogP contribution in [0.5, 0.6) is 0 Å². The van der Waals surface area contributed by atoms with Gasteiger partial charge in [-0.1, -0.05) is 6.07 Å². The molecular formula is C14H14F4N4O. The minimum Gasteiger partial charge on any atom is -0.316 e. The summed E-state index contributed by atoms with van der Waals surface area (Å²) in [5.74, 6) is -0.737. The fourth-order valence-electron chi connectivity index (χ4n) is 2.59. The van der Waals surface area contributed by atoms with Crippen LogP contribution >= 0.6 is 0 Å². The van der Waals surface area contributed by atoms with E-state index in [9.17, 15) is 22.4 Å². The molecule has 1 aliphatic rings. The molecule has 0 amide bonds. The van der Waals surface area contributed by atoms with E-state index in [0.717, 1.165) is 26.2 Å². The van der Waals surface area contributed by atoms with Gasteiger partial charge in [0.2, 0.25) is 5.69 Å². The molecule has 0 atom stereocenters. The smallest absolute Gasteiger partial charge is 0.316 e. The Kier molecular flexibility index (Phi) is 4.07. The zero-order chi connectivity index (χ0) is 16.6. The molecular weight excluding hydrogens is 316 g/mol. The lowest BCUT2D eigenvalue weighted by Gasteiger charge is -2.27. The zero-order valence-corrected chi connectivity index (χ0v) is 12.0. The molecule has 0 aliphatic carbocycles. The van der Waals surface area contributed by atoms with Crippen molar-refractivity contribution in [2.45, 2.75) is 12.7 Å². The van der Waals surface area contributed by atoms with E-state index in [4.69, 9.17) is 0 Å². The molecule has 9 heteroatoms. The number of halogens is 4. The van der Waals surface area contributed by atoms with E-state index >= 15 is 0 Å². The van der Waals surface area contributed by atoms with Gasteiger partial charge in [-0.15, -0.1) is 0 Å². The minimum atomic E-state index is -4.88. The van der Waals surface area contributed by atoms with E-state index in [1.165, 1.54) is 12.1 Å². The highest BCUT2D eigenvalue weighted by Crippen LogP contribution is 2.26. The van der Waals surface area contributed by atoms with Crippen molar-refractivity contribution in [1.29, 1.82) is 0 Å². The second-order valence-electron chi connectivity index (χ2n) is 5.37. The van der Waals surface area contributed by atoms with Crippen LogP contribution in [0, 0.1) is 5.82 Å². The summed E-state index contributed by atoms with van der Waals surface area (Å²) < 4.78 is 52.5. The quantitative estimate of drug-likeness (QED) is 0.819. The Balaban J connectivity index is 2.00. The monoisotopic (exact) mass is 330 g/mol. The summed E-state index contributed by atoms with van der Waals surface area (Å²) in [6.07, 6.45) is -4.88. The number of rotatable bonds is 2. The Morgan fingerprint density at radius 2 is 1.91 bits per heavy atom. The van der Waals surface area contributed by atoms with Crippen LogP contribution in [0.2, 0.25) is 0 Å². The largest absolute Gasteiger partial charge is 0.438 e. The van der Waals surface area contributed by atoms with Crippen LogP contribution in [0.15, 0.2) is 16.9 Å².